The number of ether oxygens (including phenoxy) is 1. The van der Waals surface area contributed by atoms with Crippen LogP contribution in [0.4, 0.5) is 0 Å². The van der Waals surface area contributed by atoms with Gasteiger partial charge in [-0.05, 0) is 42.8 Å². The molecule has 1 aromatic heterocycles. The highest BCUT2D eigenvalue weighted by Crippen LogP contribution is 2.33. The number of aromatic carboxylic acids is 1. The van der Waals surface area contributed by atoms with Gasteiger partial charge in [-0.15, -0.1) is 11.3 Å². The number of fused-ring (bicyclic) bond motifs is 2. The molecule has 0 aliphatic carbocycles. The predicted molar refractivity (Wildman–Crippen MR) is 89.9 cm³/mol. The van der Waals surface area contributed by atoms with Crippen molar-refractivity contribution >= 4 is 37.5 Å². The lowest BCUT2D eigenvalue weighted by Gasteiger charge is -2.10. The van der Waals surface area contributed by atoms with E-state index in [1.165, 1.54) is 23.5 Å². The molecule has 23 heavy (non-hydrogen) atoms. The molecule has 0 saturated heterocycles. The number of aliphatic hydroxyl groups is 1. The van der Waals surface area contributed by atoms with E-state index in [9.17, 15) is 9.59 Å². The molecule has 118 valence electrons. The van der Waals surface area contributed by atoms with E-state index in [2.05, 4.69) is 0 Å². The Hall–Kier alpha value is -2.44. The summed E-state index contributed by atoms with van der Waals surface area (Å²) in [6.45, 7) is 1.89. The molecular formula is C17H14O5S. The molecule has 0 amide bonds. The van der Waals surface area contributed by atoms with Crippen LogP contribution >= 0.6 is 11.3 Å². The smallest absolute Gasteiger partial charge is 0.335 e. The van der Waals surface area contributed by atoms with Gasteiger partial charge in [-0.2, -0.15) is 0 Å². The molecule has 2 N–H and O–H groups in total. The molecule has 5 nitrogen and oxygen atoms in total. The fourth-order valence-electron chi connectivity index (χ4n) is 2.46. The fourth-order valence-corrected chi connectivity index (χ4v) is 3.56. The molecule has 0 unspecified atom stereocenters. The summed E-state index contributed by atoms with van der Waals surface area (Å²) in [6.07, 6.45) is 0. The molecule has 3 rings (SSSR count). The molecular weight excluding hydrogens is 316 g/mol. The zero-order valence-corrected chi connectivity index (χ0v) is 13.1. The van der Waals surface area contributed by atoms with Crippen LogP contribution in [0.1, 0.15) is 15.9 Å². The van der Waals surface area contributed by atoms with Crippen LogP contribution in [0.25, 0.3) is 20.2 Å². The summed E-state index contributed by atoms with van der Waals surface area (Å²) in [6, 6.07) is 8.12. The van der Waals surface area contributed by atoms with E-state index < -0.39 is 5.97 Å². The second-order valence-electron chi connectivity index (χ2n) is 5.16. The minimum Gasteiger partial charge on any atom is -0.490 e. The van der Waals surface area contributed by atoms with Crippen LogP contribution in [0.3, 0.4) is 0 Å². The Balaban J connectivity index is 2.35. The van der Waals surface area contributed by atoms with Crippen molar-refractivity contribution in [2.24, 2.45) is 0 Å². The SMILES string of the molecule is Cc1cc(OCCO)c2sc3ccc(C(=O)O)cc3c(=O)c2c1. The molecule has 0 fully saturated rings. The van der Waals surface area contributed by atoms with Crippen molar-refractivity contribution < 1.29 is 19.7 Å². The number of rotatable bonds is 4. The van der Waals surface area contributed by atoms with Gasteiger partial charge >= 0.3 is 5.97 Å². The molecule has 0 atom stereocenters. The fraction of sp³-hybridized carbons (Fsp3) is 0.176. The van der Waals surface area contributed by atoms with Crippen LogP contribution in [-0.2, 0) is 0 Å². The van der Waals surface area contributed by atoms with Gasteiger partial charge in [0, 0.05) is 15.5 Å². The monoisotopic (exact) mass is 330 g/mol. The standard InChI is InChI=1S/C17H14O5S/c1-9-6-12-15(19)11-8-10(17(20)21)2-3-14(11)23-16(12)13(7-9)22-5-4-18/h2-3,6-8,18H,4-5H2,1H3,(H,20,21). The van der Waals surface area contributed by atoms with E-state index in [1.807, 2.05) is 13.0 Å². The largest absolute Gasteiger partial charge is 0.490 e. The average Bonchev–Trinajstić information content (AvgIpc) is 2.53. The Morgan fingerprint density at radius 3 is 2.70 bits per heavy atom. The van der Waals surface area contributed by atoms with Crippen molar-refractivity contribution in [3.63, 3.8) is 0 Å². The summed E-state index contributed by atoms with van der Waals surface area (Å²) in [5, 5.41) is 18.9. The van der Waals surface area contributed by atoms with Gasteiger partial charge in [0.1, 0.15) is 12.4 Å². The van der Waals surface area contributed by atoms with Gasteiger partial charge in [0.05, 0.1) is 16.9 Å². The Morgan fingerprint density at radius 2 is 2.00 bits per heavy atom. The van der Waals surface area contributed by atoms with Gasteiger partial charge in [-0.3, -0.25) is 4.79 Å². The number of hydrogen-bond acceptors (Lipinski definition) is 5. The molecule has 0 aliphatic heterocycles. The van der Waals surface area contributed by atoms with E-state index in [1.54, 1.807) is 12.1 Å². The molecule has 0 aliphatic rings. The lowest BCUT2D eigenvalue weighted by atomic mass is 10.1. The quantitative estimate of drug-likeness (QED) is 0.719. The minimum atomic E-state index is -1.06. The minimum absolute atomic E-state index is 0.0885. The highest BCUT2D eigenvalue weighted by molar-refractivity contribution is 7.24. The van der Waals surface area contributed by atoms with Crippen molar-refractivity contribution in [2.45, 2.75) is 6.92 Å². The number of aryl methyl sites for hydroxylation is 1. The molecule has 3 aromatic rings. The lowest BCUT2D eigenvalue weighted by Crippen LogP contribution is -2.06. The Kier molecular flexibility index (Phi) is 4.02. The average molecular weight is 330 g/mol. The Morgan fingerprint density at radius 1 is 1.22 bits per heavy atom. The molecule has 2 aromatic carbocycles. The first-order valence-corrected chi connectivity index (χ1v) is 7.81. The highest BCUT2D eigenvalue weighted by atomic mass is 32.1. The van der Waals surface area contributed by atoms with Crippen molar-refractivity contribution in [3.05, 3.63) is 51.7 Å². The molecule has 0 radical (unpaired) electrons. The topological polar surface area (TPSA) is 83.8 Å². The second kappa shape index (κ2) is 5.98. The van der Waals surface area contributed by atoms with Gasteiger partial charge in [0.2, 0.25) is 0 Å². The van der Waals surface area contributed by atoms with Crippen LogP contribution in [0, 0.1) is 6.92 Å². The predicted octanol–water partition coefficient (Wildman–Crippen LogP) is 2.79. The van der Waals surface area contributed by atoms with Crippen LogP contribution in [0.2, 0.25) is 0 Å². The first kappa shape index (κ1) is 15.5. The Labute approximate surface area is 135 Å². The van der Waals surface area contributed by atoms with E-state index in [-0.39, 0.29) is 24.2 Å². The highest BCUT2D eigenvalue weighted by Gasteiger charge is 2.13. The molecule has 6 heteroatoms. The van der Waals surface area contributed by atoms with Crippen molar-refractivity contribution in [1.29, 1.82) is 0 Å². The third-order valence-corrected chi connectivity index (χ3v) is 4.68. The van der Waals surface area contributed by atoms with Crippen LogP contribution < -0.4 is 10.2 Å². The summed E-state index contributed by atoms with van der Waals surface area (Å²) in [7, 11) is 0. The van der Waals surface area contributed by atoms with Crippen molar-refractivity contribution in [1.82, 2.24) is 0 Å². The number of benzene rings is 2. The normalized spacial score (nSPS) is 11.0. The third-order valence-electron chi connectivity index (χ3n) is 3.48. The maximum Gasteiger partial charge on any atom is 0.335 e. The summed E-state index contributed by atoms with van der Waals surface area (Å²) in [4.78, 5) is 23.9. The molecule has 1 heterocycles. The summed E-state index contributed by atoms with van der Waals surface area (Å²) < 4.78 is 6.94. The van der Waals surface area contributed by atoms with Gasteiger partial charge in [0.25, 0.3) is 0 Å². The van der Waals surface area contributed by atoms with Crippen LogP contribution in [0.5, 0.6) is 5.75 Å². The third kappa shape index (κ3) is 2.78. The summed E-state index contributed by atoms with van der Waals surface area (Å²) in [5.74, 6) is -0.507. The first-order chi connectivity index (χ1) is 11.0. The number of carbonyl (C=O) groups is 1. The Bertz CT molecular complexity index is 974. The number of carboxylic acids is 1. The van der Waals surface area contributed by atoms with Gasteiger partial charge in [0.15, 0.2) is 5.43 Å². The van der Waals surface area contributed by atoms with Crippen molar-refractivity contribution in [2.75, 3.05) is 13.2 Å². The van der Waals surface area contributed by atoms with Gasteiger partial charge < -0.3 is 14.9 Å². The van der Waals surface area contributed by atoms with E-state index in [0.29, 0.717) is 25.9 Å². The van der Waals surface area contributed by atoms with Crippen LogP contribution in [-0.4, -0.2) is 29.4 Å². The maximum absolute atomic E-state index is 12.7. The van der Waals surface area contributed by atoms with Crippen molar-refractivity contribution in [3.8, 4) is 5.75 Å². The number of hydrogen-bond donors (Lipinski definition) is 2. The summed E-state index contributed by atoms with van der Waals surface area (Å²) in [5.41, 5.74) is 0.739. The zero-order valence-electron chi connectivity index (χ0n) is 12.3. The number of carboxylic acid groups (broad SMARTS) is 1. The molecule has 0 bridgehead atoms. The summed E-state index contributed by atoms with van der Waals surface area (Å²) >= 11 is 1.37. The number of aliphatic hydroxyl groups excluding tert-OH is 1. The lowest BCUT2D eigenvalue weighted by molar-refractivity contribution is 0.0697. The molecule has 0 saturated carbocycles. The van der Waals surface area contributed by atoms with E-state index >= 15 is 0 Å². The maximum atomic E-state index is 12.7. The van der Waals surface area contributed by atoms with E-state index in [4.69, 9.17) is 14.9 Å². The second-order valence-corrected chi connectivity index (χ2v) is 6.21. The van der Waals surface area contributed by atoms with Crippen LogP contribution in [0.15, 0.2) is 35.1 Å². The van der Waals surface area contributed by atoms with Gasteiger partial charge in [-0.1, -0.05) is 0 Å². The van der Waals surface area contributed by atoms with Gasteiger partial charge in [-0.25, -0.2) is 4.79 Å². The first-order valence-electron chi connectivity index (χ1n) is 6.99. The molecule has 0 spiro atoms. The van der Waals surface area contributed by atoms with E-state index in [0.717, 1.165) is 5.56 Å². The zero-order chi connectivity index (χ0) is 16.6.